The first-order valence-corrected chi connectivity index (χ1v) is 10.2. The molecule has 0 saturated carbocycles. The van der Waals surface area contributed by atoms with Gasteiger partial charge in [0.15, 0.2) is 0 Å². The van der Waals surface area contributed by atoms with Crippen molar-refractivity contribution in [2.24, 2.45) is 0 Å². The van der Waals surface area contributed by atoms with Gasteiger partial charge in [0.25, 0.3) is 5.91 Å². The van der Waals surface area contributed by atoms with Gasteiger partial charge in [0.1, 0.15) is 0 Å². The Morgan fingerprint density at radius 3 is 2.59 bits per heavy atom. The molecule has 2 aromatic rings. The number of nitrogens with one attached hydrogen (secondary N) is 1. The zero-order valence-corrected chi connectivity index (χ0v) is 16.4. The molecule has 4 rings (SSSR count). The minimum Gasteiger partial charge on any atom is -0.338 e. The van der Waals surface area contributed by atoms with Gasteiger partial charge in [-0.05, 0) is 29.1 Å². The molecular weight excluding hydrogens is 403 g/mol. The van der Waals surface area contributed by atoms with Crippen LogP contribution in [0.1, 0.15) is 33.6 Å². The summed E-state index contributed by atoms with van der Waals surface area (Å²) < 4.78 is 39.0. The maximum atomic E-state index is 13.0. The first-order valence-electron chi connectivity index (χ1n) is 9.33. The van der Waals surface area contributed by atoms with E-state index in [1.54, 1.807) is 21.9 Å². The summed E-state index contributed by atoms with van der Waals surface area (Å²) in [5.41, 5.74) is -0.911. The third kappa shape index (κ3) is 3.89. The molecule has 5 nitrogen and oxygen atoms in total. The first kappa shape index (κ1) is 19.9. The van der Waals surface area contributed by atoms with Crippen molar-refractivity contribution in [3.05, 3.63) is 57.8 Å². The second-order valence-electron chi connectivity index (χ2n) is 7.33. The fourth-order valence-corrected chi connectivity index (χ4v) is 4.71. The van der Waals surface area contributed by atoms with Crippen molar-refractivity contribution in [2.45, 2.75) is 31.2 Å². The van der Waals surface area contributed by atoms with Crippen molar-refractivity contribution in [3.8, 4) is 0 Å². The van der Waals surface area contributed by atoms with Crippen LogP contribution >= 0.6 is 11.3 Å². The maximum absolute atomic E-state index is 13.0. The Balaban J connectivity index is 1.48. The minimum absolute atomic E-state index is 0.0244. The molecule has 2 aliphatic rings. The van der Waals surface area contributed by atoms with Crippen molar-refractivity contribution >= 4 is 23.2 Å². The van der Waals surface area contributed by atoms with Crippen molar-refractivity contribution in [2.75, 3.05) is 19.6 Å². The first-order chi connectivity index (χ1) is 13.8. The number of likely N-dealkylation sites (tertiary alicyclic amines) is 1. The van der Waals surface area contributed by atoms with Crippen molar-refractivity contribution < 1.29 is 22.8 Å². The number of hydrogen-bond donors (Lipinski definition) is 1. The number of rotatable bonds is 3. The topological polar surface area (TPSA) is 52.7 Å². The molecule has 0 aliphatic carbocycles. The average molecular weight is 423 g/mol. The lowest BCUT2D eigenvalue weighted by molar-refractivity contribution is -0.137. The number of carbonyl (C=O) groups is 2. The van der Waals surface area contributed by atoms with Crippen LogP contribution in [0.4, 0.5) is 13.2 Å². The highest BCUT2D eigenvalue weighted by atomic mass is 32.1. The molecule has 1 aromatic carbocycles. The van der Waals surface area contributed by atoms with Crippen LogP contribution in [0.15, 0.2) is 41.8 Å². The standard InChI is InChI=1S/C20H20F3N3O2S/c21-20(22,23)15-4-1-3-14(11-15)13-26-17(27)12-24-19(26)6-8-25(9-7-19)18(28)16-5-2-10-29-16/h1-5,10-11,24H,6-9,12-13H2. The van der Waals surface area contributed by atoms with Crippen molar-refractivity contribution in [1.82, 2.24) is 15.1 Å². The van der Waals surface area contributed by atoms with Crippen LogP contribution in [0, 0.1) is 0 Å². The second-order valence-corrected chi connectivity index (χ2v) is 8.28. The number of halogens is 3. The number of piperidine rings is 1. The van der Waals surface area contributed by atoms with Crippen LogP contribution in [-0.2, 0) is 17.5 Å². The van der Waals surface area contributed by atoms with E-state index in [9.17, 15) is 22.8 Å². The molecule has 0 unspecified atom stereocenters. The summed E-state index contributed by atoms with van der Waals surface area (Å²) in [4.78, 5) is 29.1. The zero-order chi connectivity index (χ0) is 20.6. The van der Waals surface area contributed by atoms with Crippen LogP contribution < -0.4 is 5.32 Å². The van der Waals surface area contributed by atoms with E-state index in [0.29, 0.717) is 36.4 Å². The molecule has 0 bridgehead atoms. The van der Waals surface area contributed by atoms with E-state index in [1.165, 1.54) is 17.4 Å². The molecular formula is C20H20F3N3O2S. The second kappa shape index (κ2) is 7.46. The van der Waals surface area contributed by atoms with Gasteiger partial charge in [-0.25, -0.2) is 0 Å². The van der Waals surface area contributed by atoms with Crippen molar-refractivity contribution in [3.63, 3.8) is 0 Å². The number of alkyl halides is 3. The number of hydrogen-bond acceptors (Lipinski definition) is 4. The van der Waals surface area contributed by atoms with Gasteiger partial charge in [-0.1, -0.05) is 18.2 Å². The van der Waals surface area contributed by atoms with Gasteiger partial charge >= 0.3 is 6.18 Å². The monoisotopic (exact) mass is 423 g/mol. The molecule has 1 N–H and O–H groups in total. The maximum Gasteiger partial charge on any atom is 0.416 e. The van der Waals surface area contributed by atoms with E-state index in [-0.39, 0.29) is 24.9 Å². The smallest absolute Gasteiger partial charge is 0.338 e. The number of thiophene rings is 1. The van der Waals surface area contributed by atoms with Crippen LogP contribution in [-0.4, -0.2) is 46.9 Å². The summed E-state index contributed by atoms with van der Waals surface area (Å²) in [5.74, 6) is -0.163. The Hall–Kier alpha value is -2.39. The predicted molar refractivity (Wildman–Crippen MR) is 102 cm³/mol. The van der Waals surface area contributed by atoms with E-state index < -0.39 is 17.4 Å². The van der Waals surface area contributed by atoms with E-state index in [2.05, 4.69) is 5.32 Å². The Morgan fingerprint density at radius 2 is 1.93 bits per heavy atom. The summed E-state index contributed by atoms with van der Waals surface area (Å²) >= 11 is 1.39. The van der Waals surface area contributed by atoms with Gasteiger partial charge < -0.3 is 9.80 Å². The quantitative estimate of drug-likeness (QED) is 0.824. The molecule has 0 atom stereocenters. The predicted octanol–water partition coefficient (Wildman–Crippen LogP) is 3.33. The van der Waals surface area contributed by atoms with E-state index in [4.69, 9.17) is 0 Å². The fourth-order valence-electron chi connectivity index (χ4n) is 4.02. The van der Waals surface area contributed by atoms with Gasteiger partial charge in [0, 0.05) is 32.5 Å². The molecule has 2 saturated heterocycles. The Labute approximate surface area is 170 Å². The number of benzene rings is 1. The van der Waals surface area contributed by atoms with Gasteiger partial charge in [-0.15, -0.1) is 11.3 Å². The van der Waals surface area contributed by atoms with Crippen LogP contribution in [0.3, 0.4) is 0 Å². The summed E-state index contributed by atoms with van der Waals surface area (Å²) in [6.07, 6.45) is -3.35. The molecule has 2 amide bonds. The number of carbonyl (C=O) groups excluding carboxylic acids is 2. The minimum atomic E-state index is -4.42. The van der Waals surface area contributed by atoms with Gasteiger partial charge in [-0.3, -0.25) is 14.9 Å². The van der Waals surface area contributed by atoms with Crippen LogP contribution in [0.25, 0.3) is 0 Å². The number of amides is 2. The lowest BCUT2D eigenvalue weighted by Crippen LogP contribution is -2.58. The van der Waals surface area contributed by atoms with E-state index in [0.717, 1.165) is 12.1 Å². The van der Waals surface area contributed by atoms with Crippen LogP contribution in [0.2, 0.25) is 0 Å². The summed E-state index contributed by atoms with van der Waals surface area (Å²) in [6.45, 7) is 1.22. The third-order valence-corrected chi connectivity index (χ3v) is 6.45. The Bertz CT molecular complexity index is 906. The highest BCUT2D eigenvalue weighted by Gasteiger charge is 2.47. The molecule has 1 aromatic heterocycles. The van der Waals surface area contributed by atoms with Gasteiger partial charge in [0.05, 0.1) is 22.6 Å². The summed E-state index contributed by atoms with van der Waals surface area (Å²) in [5, 5.41) is 5.10. The molecule has 0 radical (unpaired) electrons. The van der Waals surface area contributed by atoms with Gasteiger partial charge in [-0.2, -0.15) is 13.2 Å². The molecule has 2 fully saturated rings. The highest BCUT2D eigenvalue weighted by molar-refractivity contribution is 7.12. The normalized spacial score (nSPS) is 19.2. The fraction of sp³-hybridized carbons (Fsp3) is 0.400. The zero-order valence-electron chi connectivity index (χ0n) is 15.5. The molecule has 2 aliphatic heterocycles. The molecule has 29 heavy (non-hydrogen) atoms. The SMILES string of the molecule is O=C(c1cccs1)N1CCC2(CC1)NCC(=O)N2Cc1cccc(C(F)(F)F)c1. The largest absolute Gasteiger partial charge is 0.416 e. The lowest BCUT2D eigenvalue weighted by Gasteiger charge is -2.44. The van der Waals surface area contributed by atoms with Crippen molar-refractivity contribution in [1.29, 1.82) is 0 Å². The van der Waals surface area contributed by atoms with E-state index >= 15 is 0 Å². The Kier molecular flexibility index (Phi) is 5.12. The lowest BCUT2D eigenvalue weighted by atomic mass is 9.95. The third-order valence-electron chi connectivity index (χ3n) is 5.59. The summed E-state index contributed by atoms with van der Waals surface area (Å²) in [6, 6.07) is 8.70. The molecule has 3 heterocycles. The van der Waals surface area contributed by atoms with E-state index in [1.807, 2.05) is 11.4 Å². The average Bonchev–Trinajstić information content (AvgIpc) is 3.33. The highest BCUT2D eigenvalue weighted by Crippen LogP contribution is 2.34. The molecule has 154 valence electrons. The summed E-state index contributed by atoms with van der Waals surface area (Å²) in [7, 11) is 0. The molecule has 1 spiro atoms. The Morgan fingerprint density at radius 1 is 1.17 bits per heavy atom. The molecule has 9 heteroatoms. The van der Waals surface area contributed by atoms with Crippen LogP contribution in [0.5, 0.6) is 0 Å². The van der Waals surface area contributed by atoms with Gasteiger partial charge in [0.2, 0.25) is 5.91 Å². The number of nitrogens with zero attached hydrogens (tertiary/aromatic N) is 2.